The molecule has 0 fully saturated rings. The van der Waals surface area contributed by atoms with Gasteiger partial charge in [-0.15, -0.1) is 4.83 Å². The zero-order valence-electron chi connectivity index (χ0n) is 12.6. The number of rotatable bonds is 4. The number of amides is 1. The maximum Gasteiger partial charge on any atom is 0.416 e. The Bertz CT molecular complexity index is 855. The van der Waals surface area contributed by atoms with E-state index >= 15 is 0 Å². The first-order valence-electron chi connectivity index (χ1n) is 6.57. The standard InChI is InChI=1S/C14H13F3N2O4S/c1-8-7-12(9(2)23-8)13(20)18-19-24(21,22)11-5-3-10(4-6-11)14(15,16)17/h3-7,19H,1-2H3,(H,18,20). The van der Waals surface area contributed by atoms with Gasteiger partial charge in [-0.25, -0.2) is 8.42 Å². The van der Waals surface area contributed by atoms with E-state index in [1.54, 1.807) is 6.92 Å². The molecule has 0 saturated heterocycles. The highest BCUT2D eigenvalue weighted by molar-refractivity contribution is 7.89. The Balaban J connectivity index is 2.11. The van der Waals surface area contributed by atoms with E-state index in [0.717, 1.165) is 12.1 Å². The van der Waals surface area contributed by atoms with Gasteiger partial charge in [0.1, 0.15) is 11.5 Å². The third-order valence-electron chi connectivity index (χ3n) is 3.08. The van der Waals surface area contributed by atoms with Crippen LogP contribution in [0.5, 0.6) is 0 Å². The molecule has 6 nitrogen and oxygen atoms in total. The molecule has 1 amide bonds. The third-order valence-corrected chi connectivity index (χ3v) is 4.34. The first-order chi connectivity index (χ1) is 11.0. The highest BCUT2D eigenvalue weighted by atomic mass is 32.2. The molecule has 2 N–H and O–H groups in total. The third kappa shape index (κ3) is 3.95. The monoisotopic (exact) mass is 362 g/mol. The normalized spacial score (nSPS) is 12.2. The molecule has 2 rings (SSSR count). The fourth-order valence-electron chi connectivity index (χ4n) is 1.92. The Kier molecular flexibility index (Phi) is 4.72. The highest BCUT2D eigenvalue weighted by Gasteiger charge is 2.30. The molecule has 0 atom stereocenters. The average Bonchev–Trinajstić information content (AvgIpc) is 2.83. The molecule has 1 aromatic heterocycles. The molecule has 0 radical (unpaired) electrons. The molecule has 1 heterocycles. The number of furan rings is 1. The van der Waals surface area contributed by atoms with Crippen LogP contribution in [0, 0.1) is 13.8 Å². The van der Waals surface area contributed by atoms with Crippen LogP contribution in [-0.2, 0) is 16.2 Å². The second kappa shape index (κ2) is 6.29. The Hall–Kier alpha value is -2.33. The zero-order valence-corrected chi connectivity index (χ0v) is 13.4. The lowest BCUT2D eigenvalue weighted by Crippen LogP contribution is -2.41. The first-order valence-corrected chi connectivity index (χ1v) is 8.05. The smallest absolute Gasteiger partial charge is 0.416 e. The van der Waals surface area contributed by atoms with Gasteiger partial charge in [0.2, 0.25) is 0 Å². The van der Waals surface area contributed by atoms with E-state index in [-0.39, 0.29) is 5.56 Å². The van der Waals surface area contributed by atoms with E-state index < -0.39 is 32.6 Å². The predicted octanol–water partition coefficient (Wildman–Crippen LogP) is 2.54. The van der Waals surface area contributed by atoms with Gasteiger partial charge in [-0.1, -0.05) is 0 Å². The average molecular weight is 362 g/mol. The van der Waals surface area contributed by atoms with Crippen molar-refractivity contribution < 1.29 is 30.8 Å². The number of alkyl halides is 3. The summed E-state index contributed by atoms with van der Waals surface area (Å²) in [6, 6.07) is 4.30. The van der Waals surface area contributed by atoms with E-state index in [9.17, 15) is 26.4 Å². The van der Waals surface area contributed by atoms with E-state index in [1.807, 2.05) is 10.3 Å². The van der Waals surface area contributed by atoms with Crippen LogP contribution in [0.4, 0.5) is 13.2 Å². The predicted molar refractivity (Wildman–Crippen MR) is 77.4 cm³/mol. The summed E-state index contributed by atoms with van der Waals surface area (Å²) in [5.41, 5.74) is 1.14. The number of benzene rings is 1. The van der Waals surface area contributed by atoms with Crippen molar-refractivity contribution in [3.8, 4) is 0 Å². The summed E-state index contributed by atoms with van der Waals surface area (Å²) in [6.45, 7) is 3.16. The number of carbonyl (C=O) groups is 1. The van der Waals surface area contributed by atoms with Crippen molar-refractivity contribution in [2.24, 2.45) is 0 Å². The van der Waals surface area contributed by atoms with Crippen LogP contribution >= 0.6 is 0 Å². The lowest BCUT2D eigenvalue weighted by atomic mass is 10.2. The van der Waals surface area contributed by atoms with Gasteiger partial charge in [-0.2, -0.15) is 13.2 Å². The molecular weight excluding hydrogens is 349 g/mol. The Labute approximate surface area is 135 Å². The van der Waals surface area contributed by atoms with Crippen LogP contribution < -0.4 is 10.3 Å². The van der Waals surface area contributed by atoms with Gasteiger partial charge in [0, 0.05) is 0 Å². The molecule has 130 valence electrons. The van der Waals surface area contributed by atoms with Gasteiger partial charge in [0.25, 0.3) is 15.9 Å². The van der Waals surface area contributed by atoms with Crippen LogP contribution in [0.2, 0.25) is 0 Å². The van der Waals surface area contributed by atoms with Crippen LogP contribution in [-0.4, -0.2) is 14.3 Å². The Morgan fingerprint density at radius 1 is 1.12 bits per heavy atom. The number of nitrogens with one attached hydrogen (secondary N) is 2. The van der Waals surface area contributed by atoms with Gasteiger partial charge in [-0.05, 0) is 44.2 Å². The number of aryl methyl sites for hydroxylation is 2. The maximum atomic E-state index is 12.5. The molecule has 1 aromatic carbocycles. The number of halogens is 3. The minimum atomic E-state index is -4.57. The summed E-state index contributed by atoms with van der Waals surface area (Å²) in [4.78, 5) is 13.3. The highest BCUT2D eigenvalue weighted by Crippen LogP contribution is 2.29. The topological polar surface area (TPSA) is 88.4 Å². The van der Waals surface area contributed by atoms with Gasteiger partial charge in [-0.3, -0.25) is 10.2 Å². The number of hydrogen-bond donors (Lipinski definition) is 2. The summed E-state index contributed by atoms with van der Waals surface area (Å²) < 4.78 is 66.5. The molecule has 0 spiro atoms. The van der Waals surface area contributed by atoms with Crippen molar-refractivity contribution in [2.75, 3.05) is 0 Å². The van der Waals surface area contributed by atoms with Crippen LogP contribution in [0.25, 0.3) is 0 Å². The van der Waals surface area contributed by atoms with Gasteiger partial charge >= 0.3 is 6.18 Å². The second-order valence-corrected chi connectivity index (χ2v) is 6.59. The van der Waals surface area contributed by atoms with E-state index in [1.165, 1.54) is 13.0 Å². The first kappa shape index (κ1) is 18.0. The van der Waals surface area contributed by atoms with Crippen molar-refractivity contribution in [3.63, 3.8) is 0 Å². The molecule has 10 heteroatoms. The number of carbonyl (C=O) groups excluding carboxylic acids is 1. The molecule has 0 saturated carbocycles. The molecule has 0 aliphatic rings. The van der Waals surface area contributed by atoms with Crippen molar-refractivity contribution in [3.05, 3.63) is 53.0 Å². The molecule has 0 unspecified atom stereocenters. The molecule has 0 aliphatic carbocycles. The largest absolute Gasteiger partial charge is 0.466 e. The van der Waals surface area contributed by atoms with E-state index in [0.29, 0.717) is 23.7 Å². The van der Waals surface area contributed by atoms with Crippen LogP contribution in [0.15, 0.2) is 39.6 Å². The van der Waals surface area contributed by atoms with Crippen molar-refractivity contribution in [1.29, 1.82) is 0 Å². The molecule has 2 aromatic rings. The minimum Gasteiger partial charge on any atom is -0.466 e. The van der Waals surface area contributed by atoms with E-state index in [2.05, 4.69) is 0 Å². The SMILES string of the molecule is Cc1cc(C(=O)NNS(=O)(=O)c2ccc(C(F)(F)F)cc2)c(C)o1. The number of sulfonamides is 1. The van der Waals surface area contributed by atoms with E-state index in [4.69, 9.17) is 4.42 Å². The summed E-state index contributed by atoms with van der Waals surface area (Å²) >= 11 is 0. The van der Waals surface area contributed by atoms with Gasteiger partial charge in [0.05, 0.1) is 16.0 Å². The summed E-state index contributed by atoms with van der Waals surface area (Å²) in [7, 11) is -4.21. The van der Waals surface area contributed by atoms with Crippen molar-refractivity contribution in [1.82, 2.24) is 10.3 Å². The minimum absolute atomic E-state index is 0.141. The molecule has 24 heavy (non-hydrogen) atoms. The fourth-order valence-corrected chi connectivity index (χ4v) is 2.76. The fraction of sp³-hybridized carbons (Fsp3) is 0.214. The van der Waals surface area contributed by atoms with Crippen molar-refractivity contribution in [2.45, 2.75) is 24.9 Å². The Morgan fingerprint density at radius 2 is 1.71 bits per heavy atom. The second-order valence-electron chi connectivity index (χ2n) is 4.91. The zero-order chi connectivity index (χ0) is 18.1. The molecule has 0 aliphatic heterocycles. The quantitative estimate of drug-likeness (QED) is 0.818. The number of hydrazine groups is 1. The molecule has 0 bridgehead atoms. The van der Waals surface area contributed by atoms with Crippen molar-refractivity contribution >= 4 is 15.9 Å². The lowest BCUT2D eigenvalue weighted by Gasteiger charge is -2.10. The maximum absolute atomic E-state index is 12.5. The summed E-state index contributed by atoms with van der Waals surface area (Å²) in [5.74, 6) is 0.0295. The lowest BCUT2D eigenvalue weighted by molar-refractivity contribution is -0.137. The Morgan fingerprint density at radius 3 is 2.17 bits per heavy atom. The van der Waals surface area contributed by atoms with Crippen LogP contribution in [0.3, 0.4) is 0 Å². The summed E-state index contributed by atoms with van der Waals surface area (Å²) in [5, 5.41) is 0. The number of hydrogen-bond acceptors (Lipinski definition) is 4. The summed E-state index contributed by atoms with van der Waals surface area (Å²) in [6.07, 6.45) is -4.57. The van der Waals surface area contributed by atoms with Gasteiger partial charge < -0.3 is 4.42 Å². The van der Waals surface area contributed by atoms with Gasteiger partial charge in [0.15, 0.2) is 0 Å². The molecular formula is C14H13F3N2O4S. The van der Waals surface area contributed by atoms with Crippen LogP contribution in [0.1, 0.15) is 27.4 Å².